The quantitative estimate of drug-likeness (QED) is 0.852. The summed E-state index contributed by atoms with van der Waals surface area (Å²) in [4.78, 5) is 26.0. The highest BCUT2D eigenvalue weighted by Crippen LogP contribution is 2.27. The maximum absolute atomic E-state index is 13.1. The summed E-state index contributed by atoms with van der Waals surface area (Å²) in [6.45, 7) is 0.819. The minimum atomic E-state index is -1.07. The standard InChI is InChI=1S/C16H19N5O3/c1-20-14(9-4-2-3-5-12(9)19-20)15(22)21-7-6-11-10(8-21)13(16(23)24)18-17-11/h2-8H2,1H3,(H,17,18)(H,23,24). The first-order chi connectivity index (χ1) is 11.6. The molecule has 1 amide bonds. The number of aromatic amines is 1. The number of amides is 1. The van der Waals surface area contributed by atoms with Crippen LogP contribution in [-0.2, 0) is 32.9 Å². The molecule has 0 aromatic carbocycles. The van der Waals surface area contributed by atoms with Gasteiger partial charge in [0, 0.05) is 36.8 Å². The van der Waals surface area contributed by atoms with Crippen molar-refractivity contribution in [2.24, 2.45) is 7.05 Å². The second-order valence-electron chi connectivity index (χ2n) is 6.42. The lowest BCUT2D eigenvalue weighted by molar-refractivity contribution is 0.0671. The van der Waals surface area contributed by atoms with Crippen molar-refractivity contribution in [2.45, 2.75) is 38.6 Å². The van der Waals surface area contributed by atoms with Gasteiger partial charge in [-0.25, -0.2) is 4.79 Å². The van der Waals surface area contributed by atoms with E-state index in [9.17, 15) is 14.7 Å². The number of nitrogens with one attached hydrogen (secondary N) is 1. The van der Waals surface area contributed by atoms with Gasteiger partial charge < -0.3 is 10.0 Å². The molecular weight excluding hydrogens is 310 g/mol. The van der Waals surface area contributed by atoms with E-state index >= 15 is 0 Å². The summed E-state index contributed by atoms with van der Waals surface area (Å²) < 4.78 is 1.68. The molecule has 4 rings (SSSR count). The molecule has 0 radical (unpaired) electrons. The number of carboxylic acid groups (broad SMARTS) is 1. The number of aromatic carboxylic acids is 1. The summed E-state index contributed by atoms with van der Waals surface area (Å²) in [5.74, 6) is -1.14. The highest BCUT2D eigenvalue weighted by molar-refractivity contribution is 5.95. The molecule has 0 fully saturated rings. The first-order valence-corrected chi connectivity index (χ1v) is 8.19. The molecule has 8 heteroatoms. The van der Waals surface area contributed by atoms with E-state index in [0.29, 0.717) is 24.2 Å². The third-order valence-electron chi connectivity index (χ3n) is 4.94. The molecule has 0 bridgehead atoms. The van der Waals surface area contributed by atoms with Gasteiger partial charge in [0.15, 0.2) is 5.69 Å². The van der Waals surface area contributed by atoms with Gasteiger partial charge in [0.05, 0.1) is 12.2 Å². The van der Waals surface area contributed by atoms with Crippen LogP contribution in [0, 0.1) is 0 Å². The number of aromatic nitrogens is 4. The molecule has 3 heterocycles. The average Bonchev–Trinajstić information content (AvgIpc) is 3.13. The number of aryl methyl sites for hydroxylation is 2. The van der Waals surface area contributed by atoms with Crippen LogP contribution in [0.2, 0.25) is 0 Å². The molecule has 2 N–H and O–H groups in total. The van der Waals surface area contributed by atoms with Crippen LogP contribution >= 0.6 is 0 Å². The van der Waals surface area contributed by atoms with Crippen molar-refractivity contribution in [3.63, 3.8) is 0 Å². The summed E-state index contributed by atoms with van der Waals surface area (Å²) in [6, 6.07) is 0. The minimum Gasteiger partial charge on any atom is -0.476 e. The smallest absolute Gasteiger partial charge is 0.356 e. The Balaban J connectivity index is 1.66. The number of carboxylic acids is 1. The van der Waals surface area contributed by atoms with Crippen molar-refractivity contribution in [2.75, 3.05) is 6.54 Å². The predicted molar refractivity (Wildman–Crippen MR) is 83.8 cm³/mol. The van der Waals surface area contributed by atoms with Crippen LogP contribution < -0.4 is 0 Å². The fraction of sp³-hybridized carbons (Fsp3) is 0.500. The Hall–Kier alpha value is -2.64. The van der Waals surface area contributed by atoms with E-state index in [4.69, 9.17) is 0 Å². The lowest BCUT2D eigenvalue weighted by atomic mass is 9.95. The number of hydrogen-bond donors (Lipinski definition) is 2. The monoisotopic (exact) mass is 329 g/mol. The number of carbonyl (C=O) groups is 2. The van der Waals surface area contributed by atoms with E-state index in [1.807, 2.05) is 7.05 Å². The molecular formula is C16H19N5O3. The predicted octanol–water partition coefficient (Wildman–Crippen LogP) is 0.919. The topological polar surface area (TPSA) is 104 Å². The molecule has 126 valence electrons. The van der Waals surface area contributed by atoms with Crippen LogP contribution in [0.15, 0.2) is 0 Å². The molecule has 2 aromatic heterocycles. The van der Waals surface area contributed by atoms with Crippen LogP contribution in [0.3, 0.4) is 0 Å². The van der Waals surface area contributed by atoms with Crippen LogP contribution in [-0.4, -0.2) is 48.4 Å². The van der Waals surface area contributed by atoms with E-state index in [1.54, 1.807) is 9.58 Å². The number of fused-ring (bicyclic) bond motifs is 2. The largest absolute Gasteiger partial charge is 0.476 e. The van der Waals surface area contributed by atoms with Gasteiger partial charge in [0.2, 0.25) is 0 Å². The maximum Gasteiger partial charge on any atom is 0.356 e. The van der Waals surface area contributed by atoms with Crippen LogP contribution in [0.5, 0.6) is 0 Å². The Kier molecular flexibility index (Phi) is 3.40. The van der Waals surface area contributed by atoms with E-state index in [1.165, 1.54) is 0 Å². The van der Waals surface area contributed by atoms with Crippen LogP contribution in [0.4, 0.5) is 0 Å². The Morgan fingerprint density at radius 2 is 1.96 bits per heavy atom. The number of rotatable bonds is 2. The van der Waals surface area contributed by atoms with Gasteiger partial charge >= 0.3 is 5.97 Å². The third-order valence-corrected chi connectivity index (χ3v) is 4.94. The van der Waals surface area contributed by atoms with Crippen molar-refractivity contribution in [1.29, 1.82) is 0 Å². The molecule has 1 aliphatic heterocycles. The Morgan fingerprint density at radius 1 is 1.17 bits per heavy atom. The highest BCUT2D eigenvalue weighted by atomic mass is 16.4. The Labute approximate surface area is 138 Å². The summed E-state index contributed by atoms with van der Waals surface area (Å²) >= 11 is 0. The van der Waals surface area contributed by atoms with Crippen molar-refractivity contribution in [1.82, 2.24) is 24.9 Å². The van der Waals surface area contributed by atoms with Crippen molar-refractivity contribution < 1.29 is 14.7 Å². The summed E-state index contributed by atoms with van der Waals surface area (Å²) in [6.07, 6.45) is 4.58. The van der Waals surface area contributed by atoms with E-state index in [-0.39, 0.29) is 18.1 Å². The fourth-order valence-electron chi connectivity index (χ4n) is 3.74. The SMILES string of the molecule is Cn1nc2c(c1C(=O)N1CCc3[nH]nc(C(=O)O)c3C1)CCCC2. The molecule has 2 aromatic rings. The van der Waals surface area contributed by atoms with Gasteiger partial charge in [0.1, 0.15) is 5.69 Å². The number of nitrogens with zero attached hydrogens (tertiary/aromatic N) is 4. The zero-order valence-corrected chi connectivity index (χ0v) is 13.5. The zero-order valence-electron chi connectivity index (χ0n) is 13.5. The van der Waals surface area contributed by atoms with E-state index in [0.717, 1.165) is 42.6 Å². The summed E-state index contributed by atoms with van der Waals surface area (Å²) in [7, 11) is 1.81. The van der Waals surface area contributed by atoms with Crippen molar-refractivity contribution in [3.8, 4) is 0 Å². The molecule has 0 atom stereocenters. The highest BCUT2D eigenvalue weighted by Gasteiger charge is 2.32. The number of H-pyrrole nitrogens is 1. The molecule has 0 unspecified atom stereocenters. The molecule has 0 saturated heterocycles. The summed E-state index contributed by atoms with van der Waals surface area (Å²) in [5.41, 5.74) is 4.16. The lowest BCUT2D eigenvalue weighted by Crippen LogP contribution is -2.37. The lowest BCUT2D eigenvalue weighted by Gasteiger charge is -2.27. The molecule has 24 heavy (non-hydrogen) atoms. The van der Waals surface area contributed by atoms with Crippen molar-refractivity contribution in [3.05, 3.63) is 33.9 Å². The van der Waals surface area contributed by atoms with Gasteiger partial charge in [-0.15, -0.1) is 0 Å². The van der Waals surface area contributed by atoms with Gasteiger partial charge in [-0.3, -0.25) is 14.6 Å². The minimum absolute atomic E-state index is 0.00883. The van der Waals surface area contributed by atoms with Crippen molar-refractivity contribution >= 4 is 11.9 Å². The summed E-state index contributed by atoms with van der Waals surface area (Å²) in [5, 5.41) is 20.4. The number of carbonyl (C=O) groups excluding carboxylic acids is 1. The number of hydrogen-bond acceptors (Lipinski definition) is 4. The molecule has 0 spiro atoms. The maximum atomic E-state index is 13.1. The molecule has 8 nitrogen and oxygen atoms in total. The Morgan fingerprint density at radius 3 is 2.75 bits per heavy atom. The normalized spacial score (nSPS) is 16.6. The van der Waals surface area contributed by atoms with E-state index in [2.05, 4.69) is 15.3 Å². The molecule has 2 aliphatic rings. The third kappa shape index (κ3) is 2.21. The van der Waals surface area contributed by atoms with E-state index < -0.39 is 5.97 Å². The van der Waals surface area contributed by atoms with Gasteiger partial charge in [0.25, 0.3) is 5.91 Å². The Bertz CT molecular complexity index is 835. The fourth-order valence-corrected chi connectivity index (χ4v) is 3.74. The first kappa shape index (κ1) is 14.9. The second kappa shape index (κ2) is 5.47. The zero-order chi connectivity index (χ0) is 16.8. The molecule has 1 aliphatic carbocycles. The second-order valence-corrected chi connectivity index (χ2v) is 6.42. The molecule has 0 saturated carbocycles. The van der Waals surface area contributed by atoms with Gasteiger partial charge in [-0.05, 0) is 25.7 Å². The average molecular weight is 329 g/mol. The first-order valence-electron chi connectivity index (χ1n) is 8.19. The van der Waals surface area contributed by atoms with Crippen LogP contribution in [0.25, 0.3) is 0 Å². The van der Waals surface area contributed by atoms with Crippen LogP contribution in [0.1, 0.15) is 56.3 Å². The van der Waals surface area contributed by atoms with Gasteiger partial charge in [-0.2, -0.15) is 10.2 Å². The van der Waals surface area contributed by atoms with Gasteiger partial charge in [-0.1, -0.05) is 0 Å².